The number of hydrogen-bond donors (Lipinski definition) is 2. The van der Waals surface area contributed by atoms with Crippen LogP contribution in [0.3, 0.4) is 0 Å². The van der Waals surface area contributed by atoms with Gasteiger partial charge in [0.1, 0.15) is 0 Å². The maximum absolute atomic E-state index is 12.8. The SMILES string of the molecule is NC1(C(=O)Nc2cc(F)c(F)c(F)c2)CC1. The number of nitrogens with one attached hydrogen (secondary N) is 1. The zero-order valence-corrected chi connectivity index (χ0v) is 8.19. The summed E-state index contributed by atoms with van der Waals surface area (Å²) in [4.78, 5) is 11.4. The maximum Gasteiger partial charge on any atom is 0.244 e. The fourth-order valence-corrected chi connectivity index (χ4v) is 1.24. The van der Waals surface area contributed by atoms with Crippen molar-refractivity contribution >= 4 is 11.6 Å². The Hall–Kier alpha value is -1.56. The molecule has 0 saturated heterocycles. The Morgan fingerprint density at radius 1 is 1.25 bits per heavy atom. The summed E-state index contributed by atoms with van der Waals surface area (Å²) in [5.41, 5.74) is 4.49. The maximum atomic E-state index is 12.8. The fraction of sp³-hybridized carbons (Fsp3) is 0.300. The van der Waals surface area contributed by atoms with Gasteiger partial charge in [0.05, 0.1) is 5.54 Å². The molecule has 86 valence electrons. The molecule has 1 fully saturated rings. The smallest absolute Gasteiger partial charge is 0.244 e. The van der Waals surface area contributed by atoms with Crippen molar-refractivity contribution in [1.82, 2.24) is 0 Å². The Balaban J connectivity index is 2.19. The van der Waals surface area contributed by atoms with Gasteiger partial charge in [-0.2, -0.15) is 0 Å². The van der Waals surface area contributed by atoms with E-state index in [1.54, 1.807) is 0 Å². The van der Waals surface area contributed by atoms with Crippen molar-refractivity contribution in [1.29, 1.82) is 0 Å². The summed E-state index contributed by atoms with van der Waals surface area (Å²) in [5.74, 6) is -4.78. The second-order valence-corrected chi connectivity index (χ2v) is 3.86. The normalized spacial score (nSPS) is 17.0. The Bertz CT molecular complexity index is 434. The zero-order valence-electron chi connectivity index (χ0n) is 8.19. The van der Waals surface area contributed by atoms with E-state index in [0.29, 0.717) is 25.0 Å². The Morgan fingerprint density at radius 3 is 2.19 bits per heavy atom. The van der Waals surface area contributed by atoms with Crippen LogP contribution < -0.4 is 11.1 Å². The van der Waals surface area contributed by atoms with Crippen molar-refractivity contribution < 1.29 is 18.0 Å². The van der Waals surface area contributed by atoms with Gasteiger partial charge in [-0.1, -0.05) is 0 Å². The summed E-state index contributed by atoms with van der Waals surface area (Å²) in [6.45, 7) is 0. The van der Waals surface area contributed by atoms with Crippen LogP contribution in [-0.4, -0.2) is 11.4 Å². The van der Waals surface area contributed by atoms with E-state index in [1.807, 2.05) is 0 Å². The van der Waals surface area contributed by atoms with Crippen LogP contribution in [0.1, 0.15) is 12.8 Å². The lowest BCUT2D eigenvalue weighted by Crippen LogP contribution is -2.37. The van der Waals surface area contributed by atoms with Crippen molar-refractivity contribution in [3.63, 3.8) is 0 Å². The molecule has 2 rings (SSSR count). The van der Waals surface area contributed by atoms with Crippen LogP contribution in [0.4, 0.5) is 18.9 Å². The quantitative estimate of drug-likeness (QED) is 0.757. The second-order valence-electron chi connectivity index (χ2n) is 3.86. The molecule has 0 spiro atoms. The summed E-state index contributed by atoms with van der Waals surface area (Å²) >= 11 is 0. The van der Waals surface area contributed by atoms with Gasteiger partial charge in [-0.15, -0.1) is 0 Å². The average Bonchev–Trinajstić information content (AvgIpc) is 2.94. The third-order valence-electron chi connectivity index (χ3n) is 2.48. The van der Waals surface area contributed by atoms with Crippen LogP contribution >= 0.6 is 0 Å². The monoisotopic (exact) mass is 230 g/mol. The predicted octanol–water partition coefficient (Wildman–Crippen LogP) is 1.53. The highest BCUT2D eigenvalue weighted by molar-refractivity contribution is 6.00. The van der Waals surface area contributed by atoms with Crippen LogP contribution in [-0.2, 0) is 4.79 Å². The third kappa shape index (κ3) is 1.88. The van der Waals surface area contributed by atoms with Gasteiger partial charge in [-0.05, 0) is 12.8 Å². The van der Waals surface area contributed by atoms with Crippen molar-refractivity contribution in [2.45, 2.75) is 18.4 Å². The Morgan fingerprint density at radius 2 is 1.75 bits per heavy atom. The average molecular weight is 230 g/mol. The molecule has 0 unspecified atom stereocenters. The molecule has 0 aromatic heterocycles. The van der Waals surface area contributed by atoms with Crippen LogP contribution in [0.25, 0.3) is 0 Å². The minimum atomic E-state index is -1.56. The van der Waals surface area contributed by atoms with Gasteiger partial charge < -0.3 is 11.1 Å². The number of benzene rings is 1. The van der Waals surface area contributed by atoms with E-state index in [4.69, 9.17) is 5.73 Å². The molecular formula is C10H9F3N2O. The lowest BCUT2D eigenvalue weighted by Gasteiger charge is -2.10. The number of rotatable bonds is 2. The molecule has 3 N–H and O–H groups in total. The van der Waals surface area contributed by atoms with Gasteiger partial charge in [0.25, 0.3) is 0 Å². The summed E-state index contributed by atoms with van der Waals surface area (Å²) < 4.78 is 38.2. The van der Waals surface area contributed by atoms with Crippen LogP contribution in [0.5, 0.6) is 0 Å². The molecule has 1 aliphatic carbocycles. The van der Waals surface area contributed by atoms with Gasteiger partial charge in [-0.3, -0.25) is 4.79 Å². The summed E-state index contributed by atoms with van der Waals surface area (Å²) in [7, 11) is 0. The third-order valence-corrected chi connectivity index (χ3v) is 2.48. The Labute approximate surface area is 89.4 Å². The first-order chi connectivity index (χ1) is 7.42. The Kier molecular flexibility index (Phi) is 2.38. The number of amides is 1. The number of halogens is 3. The molecule has 16 heavy (non-hydrogen) atoms. The van der Waals surface area contributed by atoms with Crippen molar-refractivity contribution in [2.75, 3.05) is 5.32 Å². The highest BCUT2D eigenvalue weighted by Crippen LogP contribution is 2.33. The molecule has 3 nitrogen and oxygen atoms in total. The molecule has 1 aliphatic rings. The fourth-order valence-electron chi connectivity index (χ4n) is 1.24. The molecule has 0 atom stereocenters. The molecule has 1 aromatic rings. The number of anilines is 1. The molecule has 0 radical (unpaired) electrons. The van der Waals surface area contributed by atoms with Gasteiger partial charge in [0.2, 0.25) is 5.91 Å². The van der Waals surface area contributed by atoms with E-state index in [2.05, 4.69) is 5.32 Å². The van der Waals surface area contributed by atoms with Gasteiger partial charge >= 0.3 is 0 Å². The first-order valence-electron chi connectivity index (χ1n) is 4.67. The first-order valence-corrected chi connectivity index (χ1v) is 4.67. The largest absolute Gasteiger partial charge is 0.324 e. The number of nitrogens with two attached hydrogens (primary N) is 1. The van der Waals surface area contributed by atoms with Gasteiger partial charge in [0.15, 0.2) is 17.5 Å². The van der Waals surface area contributed by atoms with E-state index < -0.39 is 28.9 Å². The predicted molar refractivity (Wildman–Crippen MR) is 51.1 cm³/mol. The molecular weight excluding hydrogens is 221 g/mol. The number of carbonyl (C=O) groups excluding carboxylic acids is 1. The lowest BCUT2D eigenvalue weighted by molar-refractivity contribution is -0.118. The van der Waals surface area contributed by atoms with Gasteiger partial charge in [-0.25, -0.2) is 13.2 Å². The van der Waals surface area contributed by atoms with E-state index >= 15 is 0 Å². The van der Waals surface area contributed by atoms with E-state index in [9.17, 15) is 18.0 Å². The van der Waals surface area contributed by atoms with E-state index in [-0.39, 0.29) is 5.69 Å². The number of hydrogen-bond acceptors (Lipinski definition) is 2. The van der Waals surface area contributed by atoms with Crippen molar-refractivity contribution in [3.05, 3.63) is 29.6 Å². The molecule has 1 aromatic carbocycles. The molecule has 1 saturated carbocycles. The summed E-state index contributed by atoms with van der Waals surface area (Å²) in [6, 6.07) is 1.42. The molecule has 1 amide bonds. The molecule has 0 aliphatic heterocycles. The van der Waals surface area contributed by atoms with Crippen LogP contribution in [0.2, 0.25) is 0 Å². The van der Waals surface area contributed by atoms with Crippen molar-refractivity contribution in [2.24, 2.45) is 5.73 Å². The van der Waals surface area contributed by atoms with Crippen molar-refractivity contribution in [3.8, 4) is 0 Å². The standard InChI is InChI=1S/C10H9F3N2O/c11-6-3-5(4-7(12)8(6)13)15-9(16)10(14)1-2-10/h3-4H,1-2,14H2,(H,15,16). The minimum Gasteiger partial charge on any atom is -0.324 e. The second kappa shape index (κ2) is 3.48. The first kappa shape index (κ1) is 10.9. The highest BCUT2D eigenvalue weighted by atomic mass is 19.2. The minimum absolute atomic E-state index is 0.141. The summed E-state index contributed by atoms with van der Waals surface area (Å²) in [6.07, 6.45) is 1.07. The lowest BCUT2D eigenvalue weighted by atomic mass is 10.2. The van der Waals surface area contributed by atoms with E-state index in [1.165, 1.54) is 0 Å². The molecule has 0 heterocycles. The molecule has 0 bridgehead atoms. The van der Waals surface area contributed by atoms with E-state index in [0.717, 1.165) is 0 Å². The summed E-state index contributed by atoms with van der Waals surface area (Å²) in [5, 5.41) is 2.24. The highest BCUT2D eigenvalue weighted by Gasteiger charge is 2.46. The topological polar surface area (TPSA) is 55.1 Å². The van der Waals surface area contributed by atoms with Gasteiger partial charge in [0, 0.05) is 17.8 Å². The van der Waals surface area contributed by atoms with Crippen LogP contribution in [0.15, 0.2) is 12.1 Å². The zero-order chi connectivity index (χ0) is 11.9. The van der Waals surface area contributed by atoms with Crippen LogP contribution in [0, 0.1) is 17.5 Å². The molecule has 6 heteroatoms. The number of carbonyl (C=O) groups is 1.